The second-order valence-corrected chi connectivity index (χ2v) is 4.65. The van der Waals surface area contributed by atoms with Crippen LogP contribution in [0.3, 0.4) is 0 Å². The van der Waals surface area contributed by atoms with E-state index in [2.05, 4.69) is 23.2 Å². The first-order valence-corrected chi connectivity index (χ1v) is 6.58. The number of pyridine rings is 1. The van der Waals surface area contributed by atoms with Gasteiger partial charge in [-0.1, -0.05) is 54.6 Å². The van der Waals surface area contributed by atoms with E-state index in [1.54, 1.807) is 0 Å². The smallest absolute Gasteiger partial charge is 0.0707 e. The molecule has 2 aromatic carbocycles. The normalized spacial score (nSPS) is 11.2. The molecule has 0 unspecified atom stereocenters. The van der Waals surface area contributed by atoms with Gasteiger partial charge in [-0.2, -0.15) is 0 Å². The van der Waals surface area contributed by atoms with Crippen molar-refractivity contribution in [2.45, 2.75) is 6.61 Å². The largest absolute Gasteiger partial charge is 0.392 e. The van der Waals surface area contributed by atoms with E-state index in [0.717, 1.165) is 27.6 Å². The summed E-state index contributed by atoms with van der Waals surface area (Å²) in [7, 11) is 0. The third-order valence-corrected chi connectivity index (χ3v) is 3.30. The van der Waals surface area contributed by atoms with Gasteiger partial charge in [0.05, 0.1) is 12.1 Å². The molecule has 0 aliphatic carbocycles. The second-order valence-electron chi connectivity index (χ2n) is 4.65. The van der Waals surface area contributed by atoms with E-state index in [1.165, 1.54) is 0 Å². The van der Waals surface area contributed by atoms with Gasteiger partial charge in [0.25, 0.3) is 0 Å². The topological polar surface area (TPSA) is 33.1 Å². The van der Waals surface area contributed by atoms with Gasteiger partial charge in [0.1, 0.15) is 0 Å². The fourth-order valence-electron chi connectivity index (χ4n) is 2.18. The number of nitrogens with zero attached hydrogens (tertiary/aromatic N) is 1. The van der Waals surface area contributed by atoms with Crippen LogP contribution < -0.4 is 0 Å². The summed E-state index contributed by atoms with van der Waals surface area (Å²) in [5.41, 5.74) is 4.20. The SMILES string of the molecule is OCc1ccc(C=Cc2ccnc3ccccc23)cc1. The summed E-state index contributed by atoms with van der Waals surface area (Å²) in [5, 5.41) is 10.2. The average Bonchev–Trinajstić information content (AvgIpc) is 2.53. The molecule has 2 nitrogen and oxygen atoms in total. The van der Waals surface area contributed by atoms with E-state index >= 15 is 0 Å². The lowest BCUT2D eigenvalue weighted by atomic mass is 10.1. The Labute approximate surface area is 118 Å². The van der Waals surface area contributed by atoms with Crippen LogP contribution in [0.25, 0.3) is 23.1 Å². The van der Waals surface area contributed by atoms with Gasteiger partial charge in [-0.3, -0.25) is 4.98 Å². The molecule has 0 saturated carbocycles. The Morgan fingerprint density at radius 3 is 2.50 bits per heavy atom. The van der Waals surface area contributed by atoms with Crippen LogP contribution in [0.2, 0.25) is 0 Å². The van der Waals surface area contributed by atoms with Gasteiger partial charge < -0.3 is 5.11 Å². The van der Waals surface area contributed by atoms with Gasteiger partial charge in [-0.15, -0.1) is 0 Å². The van der Waals surface area contributed by atoms with Crippen molar-refractivity contribution in [1.29, 1.82) is 0 Å². The standard InChI is InChI=1S/C18H15NO/c20-13-15-7-5-14(6-8-15)9-10-16-11-12-19-18-4-2-1-3-17(16)18/h1-12,20H,13H2. The number of fused-ring (bicyclic) bond motifs is 1. The zero-order valence-corrected chi connectivity index (χ0v) is 11.0. The summed E-state index contributed by atoms with van der Waals surface area (Å²) >= 11 is 0. The van der Waals surface area contributed by atoms with Gasteiger partial charge >= 0.3 is 0 Å². The molecule has 0 aliphatic rings. The van der Waals surface area contributed by atoms with Crippen LogP contribution in [-0.2, 0) is 6.61 Å². The van der Waals surface area contributed by atoms with Crippen molar-refractivity contribution in [2.75, 3.05) is 0 Å². The van der Waals surface area contributed by atoms with Crippen molar-refractivity contribution in [3.05, 3.63) is 77.5 Å². The molecule has 2 heteroatoms. The fourth-order valence-corrected chi connectivity index (χ4v) is 2.18. The molecule has 0 spiro atoms. The van der Waals surface area contributed by atoms with Crippen LogP contribution >= 0.6 is 0 Å². The highest BCUT2D eigenvalue weighted by atomic mass is 16.3. The van der Waals surface area contributed by atoms with Crippen molar-refractivity contribution in [1.82, 2.24) is 4.98 Å². The third-order valence-electron chi connectivity index (χ3n) is 3.30. The highest BCUT2D eigenvalue weighted by Gasteiger charge is 1.97. The summed E-state index contributed by atoms with van der Waals surface area (Å²) in [5.74, 6) is 0. The minimum Gasteiger partial charge on any atom is -0.392 e. The van der Waals surface area contributed by atoms with Crippen LogP contribution in [0.4, 0.5) is 0 Å². The minimum absolute atomic E-state index is 0.0823. The van der Waals surface area contributed by atoms with E-state index in [9.17, 15) is 0 Å². The van der Waals surface area contributed by atoms with E-state index in [1.807, 2.05) is 54.7 Å². The molecule has 3 aromatic rings. The predicted molar refractivity (Wildman–Crippen MR) is 83.0 cm³/mol. The summed E-state index contributed by atoms with van der Waals surface area (Å²) in [6.07, 6.45) is 6.00. The summed E-state index contributed by atoms with van der Waals surface area (Å²) in [6.45, 7) is 0.0823. The van der Waals surface area contributed by atoms with Crippen LogP contribution in [0, 0.1) is 0 Å². The van der Waals surface area contributed by atoms with Crippen molar-refractivity contribution < 1.29 is 5.11 Å². The zero-order valence-electron chi connectivity index (χ0n) is 11.0. The minimum atomic E-state index is 0.0823. The van der Waals surface area contributed by atoms with Crippen LogP contribution in [0.5, 0.6) is 0 Å². The molecular formula is C18H15NO. The number of benzene rings is 2. The number of rotatable bonds is 3. The zero-order chi connectivity index (χ0) is 13.8. The maximum absolute atomic E-state index is 9.03. The molecule has 1 aromatic heterocycles. The van der Waals surface area contributed by atoms with Gasteiger partial charge in [-0.25, -0.2) is 0 Å². The van der Waals surface area contributed by atoms with Crippen molar-refractivity contribution in [2.24, 2.45) is 0 Å². The molecule has 1 heterocycles. The molecule has 0 radical (unpaired) electrons. The van der Waals surface area contributed by atoms with Crippen molar-refractivity contribution >= 4 is 23.1 Å². The molecule has 0 saturated heterocycles. The summed E-state index contributed by atoms with van der Waals surface area (Å²) in [4.78, 5) is 4.36. The van der Waals surface area contributed by atoms with Crippen LogP contribution in [0.1, 0.15) is 16.7 Å². The molecule has 0 atom stereocenters. The number of aliphatic hydroxyl groups excluding tert-OH is 1. The first kappa shape index (κ1) is 12.6. The molecule has 0 bridgehead atoms. The first-order valence-electron chi connectivity index (χ1n) is 6.58. The van der Waals surface area contributed by atoms with Crippen molar-refractivity contribution in [3.63, 3.8) is 0 Å². The molecule has 0 fully saturated rings. The molecule has 20 heavy (non-hydrogen) atoms. The molecule has 0 amide bonds. The predicted octanol–water partition coefficient (Wildman–Crippen LogP) is 3.90. The Bertz CT molecular complexity index is 739. The number of para-hydroxylation sites is 1. The Hall–Kier alpha value is -2.45. The highest BCUT2D eigenvalue weighted by Crippen LogP contribution is 2.18. The van der Waals surface area contributed by atoms with Gasteiger partial charge in [0.15, 0.2) is 0 Å². The van der Waals surface area contributed by atoms with E-state index in [0.29, 0.717) is 0 Å². The second kappa shape index (κ2) is 5.68. The lowest BCUT2D eigenvalue weighted by Gasteiger charge is -2.01. The Morgan fingerprint density at radius 1 is 0.900 bits per heavy atom. The summed E-state index contributed by atoms with van der Waals surface area (Å²) in [6, 6.07) is 18.0. The van der Waals surface area contributed by atoms with E-state index in [-0.39, 0.29) is 6.61 Å². The Morgan fingerprint density at radius 2 is 1.70 bits per heavy atom. The maximum atomic E-state index is 9.03. The number of hydrogen-bond acceptors (Lipinski definition) is 2. The van der Waals surface area contributed by atoms with Gasteiger partial charge in [-0.05, 0) is 28.8 Å². The number of aromatic nitrogens is 1. The first-order chi connectivity index (χ1) is 9.86. The Kier molecular flexibility index (Phi) is 3.57. The third kappa shape index (κ3) is 2.60. The molecule has 1 N–H and O–H groups in total. The van der Waals surface area contributed by atoms with Gasteiger partial charge in [0.2, 0.25) is 0 Å². The fraction of sp³-hybridized carbons (Fsp3) is 0.0556. The Balaban J connectivity index is 1.93. The highest BCUT2D eigenvalue weighted by molar-refractivity contribution is 5.90. The molecule has 98 valence electrons. The molecular weight excluding hydrogens is 246 g/mol. The molecule has 0 aliphatic heterocycles. The van der Waals surface area contributed by atoms with Crippen molar-refractivity contribution in [3.8, 4) is 0 Å². The average molecular weight is 261 g/mol. The van der Waals surface area contributed by atoms with Gasteiger partial charge in [0, 0.05) is 11.6 Å². The lowest BCUT2D eigenvalue weighted by Crippen LogP contribution is -1.83. The lowest BCUT2D eigenvalue weighted by molar-refractivity contribution is 0.282. The van der Waals surface area contributed by atoms with Crippen LogP contribution in [-0.4, -0.2) is 10.1 Å². The summed E-state index contributed by atoms with van der Waals surface area (Å²) < 4.78 is 0. The quantitative estimate of drug-likeness (QED) is 0.775. The number of aliphatic hydroxyl groups is 1. The molecule has 3 rings (SSSR count). The van der Waals surface area contributed by atoms with Crippen LogP contribution in [0.15, 0.2) is 60.8 Å². The van der Waals surface area contributed by atoms with E-state index in [4.69, 9.17) is 5.11 Å². The monoisotopic (exact) mass is 261 g/mol. The maximum Gasteiger partial charge on any atom is 0.0707 e. The van der Waals surface area contributed by atoms with E-state index < -0.39 is 0 Å². The number of hydrogen-bond donors (Lipinski definition) is 1.